The third kappa shape index (κ3) is 5.75. The molecular formula is C41H28FNO2S. The first kappa shape index (κ1) is 29.0. The molecule has 1 aromatic heterocycles. The predicted octanol–water partition coefficient (Wildman–Crippen LogP) is 9.76. The molecule has 222 valence electrons. The van der Waals surface area contributed by atoms with Crippen molar-refractivity contribution >= 4 is 37.5 Å². The summed E-state index contributed by atoms with van der Waals surface area (Å²) < 4.78 is 44.0. The molecule has 0 unspecified atom stereocenters. The first-order valence-corrected chi connectivity index (χ1v) is 16.3. The fourth-order valence-electron chi connectivity index (χ4n) is 5.58. The Kier molecular flexibility index (Phi) is 7.58. The summed E-state index contributed by atoms with van der Waals surface area (Å²) in [5.74, 6) is 5.85. The van der Waals surface area contributed by atoms with Crippen LogP contribution in [-0.4, -0.2) is 13.0 Å². The largest absolute Gasteiger partial charge is 0.303 e. The van der Waals surface area contributed by atoms with E-state index in [0.717, 1.165) is 43.9 Å². The zero-order valence-electron chi connectivity index (χ0n) is 25.0. The second-order valence-corrected chi connectivity index (χ2v) is 13.1. The molecular weight excluding hydrogens is 590 g/mol. The SMILES string of the molecule is Cc1ccc(S(=O)(=O)/C(C#Cc2ccc(-c3ccc4ccccc4c3)n2-c2ccc(F)cc2)=C/c2ccc3ccccc3c2)cc1. The van der Waals surface area contributed by atoms with Gasteiger partial charge < -0.3 is 4.57 Å². The molecule has 0 aliphatic rings. The molecule has 1 heterocycles. The van der Waals surface area contributed by atoms with Crippen LogP contribution in [0.2, 0.25) is 0 Å². The maximum absolute atomic E-state index is 14.1. The van der Waals surface area contributed by atoms with E-state index in [2.05, 4.69) is 36.1 Å². The lowest BCUT2D eigenvalue weighted by Crippen LogP contribution is -2.04. The number of aromatic nitrogens is 1. The van der Waals surface area contributed by atoms with E-state index in [1.807, 2.05) is 84.3 Å². The van der Waals surface area contributed by atoms with Crippen LogP contribution < -0.4 is 0 Å². The van der Waals surface area contributed by atoms with Gasteiger partial charge in [0.2, 0.25) is 9.84 Å². The van der Waals surface area contributed by atoms with E-state index in [1.54, 1.807) is 42.5 Å². The first-order valence-electron chi connectivity index (χ1n) is 14.9. The summed E-state index contributed by atoms with van der Waals surface area (Å²) >= 11 is 0. The van der Waals surface area contributed by atoms with Crippen molar-refractivity contribution in [2.75, 3.05) is 0 Å². The van der Waals surface area contributed by atoms with E-state index in [1.165, 1.54) is 12.1 Å². The molecule has 0 aliphatic carbocycles. The van der Waals surface area contributed by atoms with Crippen LogP contribution in [0.5, 0.6) is 0 Å². The van der Waals surface area contributed by atoms with Gasteiger partial charge in [-0.15, -0.1) is 0 Å². The van der Waals surface area contributed by atoms with Crippen molar-refractivity contribution in [3.05, 3.63) is 173 Å². The van der Waals surface area contributed by atoms with Crippen LogP contribution >= 0.6 is 0 Å². The smallest absolute Gasteiger partial charge is 0.214 e. The number of fused-ring (bicyclic) bond motifs is 2. The third-order valence-corrected chi connectivity index (χ3v) is 9.71. The van der Waals surface area contributed by atoms with E-state index in [0.29, 0.717) is 11.4 Å². The number of halogens is 1. The Hall–Kier alpha value is -5.70. The van der Waals surface area contributed by atoms with Crippen molar-refractivity contribution < 1.29 is 12.8 Å². The Balaban J connectivity index is 1.40. The highest BCUT2D eigenvalue weighted by molar-refractivity contribution is 7.95. The number of hydrogen-bond donors (Lipinski definition) is 0. The average Bonchev–Trinajstić information content (AvgIpc) is 3.50. The Morgan fingerprint density at radius 2 is 1.30 bits per heavy atom. The molecule has 0 aliphatic heterocycles. The molecule has 0 amide bonds. The Morgan fingerprint density at radius 3 is 2.00 bits per heavy atom. The van der Waals surface area contributed by atoms with Gasteiger partial charge in [-0.25, -0.2) is 12.8 Å². The summed E-state index contributed by atoms with van der Waals surface area (Å²) in [7, 11) is -3.96. The van der Waals surface area contributed by atoms with Crippen LogP contribution in [0, 0.1) is 24.6 Å². The molecule has 0 N–H and O–H groups in total. The monoisotopic (exact) mass is 617 g/mol. The Bertz CT molecular complexity index is 2440. The maximum atomic E-state index is 14.1. The van der Waals surface area contributed by atoms with Crippen molar-refractivity contribution in [3.63, 3.8) is 0 Å². The average molecular weight is 618 g/mol. The minimum atomic E-state index is -3.96. The maximum Gasteiger partial charge on any atom is 0.214 e. The normalized spacial score (nSPS) is 11.8. The number of nitrogens with zero attached hydrogens (tertiary/aromatic N) is 1. The van der Waals surface area contributed by atoms with Crippen LogP contribution in [0.1, 0.15) is 16.8 Å². The lowest BCUT2D eigenvalue weighted by molar-refractivity contribution is 0.603. The van der Waals surface area contributed by atoms with Crippen molar-refractivity contribution in [1.29, 1.82) is 0 Å². The van der Waals surface area contributed by atoms with Gasteiger partial charge in [0.25, 0.3) is 0 Å². The fraction of sp³-hybridized carbons (Fsp3) is 0.0244. The molecule has 7 aromatic rings. The first-order chi connectivity index (χ1) is 22.3. The second-order valence-electron chi connectivity index (χ2n) is 11.2. The van der Waals surface area contributed by atoms with Crippen LogP contribution in [0.4, 0.5) is 4.39 Å². The summed E-state index contributed by atoms with van der Waals surface area (Å²) in [4.78, 5) is 0.149. The standard InChI is InChI=1S/C41H28FNO2S/c1-29-10-22-39(23-11-29)46(44,45)40(27-30-12-13-31-6-2-4-8-33(31)26-30)24-20-38-21-25-41(43(38)37-18-16-36(42)17-19-37)35-15-14-32-7-3-5-9-34(32)28-35/h2-19,21-23,25-28H,1H3/b40-27+. The minimum Gasteiger partial charge on any atom is -0.303 e. The van der Waals surface area contributed by atoms with Crippen molar-refractivity contribution in [3.8, 4) is 28.8 Å². The summed E-state index contributed by atoms with van der Waals surface area (Å²) in [5.41, 5.74) is 4.77. The molecule has 0 saturated heterocycles. The van der Waals surface area contributed by atoms with Gasteiger partial charge in [-0.05, 0) is 118 Å². The van der Waals surface area contributed by atoms with E-state index < -0.39 is 9.84 Å². The highest BCUT2D eigenvalue weighted by Gasteiger charge is 2.20. The number of sulfone groups is 1. The highest BCUT2D eigenvalue weighted by atomic mass is 32.2. The molecule has 46 heavy (non-hydrogen) atoms. The fourth-order valence-corrected chi connectivity index (χ4v) is 6.80. The van der Waals surface area contributed by atoms with Gasteiger partial charge in [0, 0.05) is 5.69 Å². The van der Waals surface area contributed by atoms with Gasteiger partial charge in [0.05, 0.1) is 16.3 Å². The Labute approximate surface area is 267 Å². The predicted molar refractivity (Wildman–Crippen MR) is 186 cm³/mol. The summed E-state index contributed by atoms with van der Waals surface area (Å²) in [6.45, 7) is 1.92. The summed E-state index contributed by atoms with van der Waals surface area (Å²) in [6.07, 6.45) is 1.63. The van der Waals surface area contributed by atoms with Crippen LogP contribution in [0.25, 0.3) is 44.6 Å². The molecule has 0 bridgehead atoms. The molecule has 0 radical (unpaired) electrons. The zero-order chi connectivity index (χ0) is 31.7. The van der Waals surface area contributed by atoms with Gasteiger partial charge >= 0.3 is 0 Å². The molecule has 3 nitrogen and oxygen atoms in total. The summed E-state index contributed by atoms with van der Waals surface area (Å²) in [5, 5.41) is 4.27. The van der Waals surface area contributed by atoms with Crippen LogP contribution in [0.15, 0.2) is 155 Å². The topological polar surface area (TPSA) is 39.1 Å². The highest BCUT2D eigenvalue weighted by Crippen LogP contribution is 2.30. The third-order valence-electron chi connectivity index (χ3n) is 8.02. The molecule has 5 heteroatoms. The number of allylic oxidation sites excluding steroid dienone is 1. The zero-order valence-corrected chi connectivity index (χ0v) is 25.8. The van der Waals surface area contributed by atoms with Crippen molar-refractivity contribution in [2.24, 2.45) is 0 Å². The lowest BCUT2D eigenvalue weighted by atomic mass is 10.1. The van der Waals surface area contributed by atoms with E-state index >= 15 is 0 Å². The van der Waals surface area contributed by atoms with Gasteiger partial charge in [-0.1, -0.05) is 90.5 Å². The molecule has 6 aromatic carbocycles. The minimum absolute atomic E-state index is 0.0225. The van der Waals surface area contributed by atoms with Gasteiger partial charge in [-0.3, -0.25) is 0 Å². The molecule has 0 spiro atoms. The van der Waals surface area contributed by atoms with Gasteiger partial charge in [0.1, 0.15) is 10.7 Å². The van der Waals surface area contributed by atoms with E-state index in [-0.39, 0.29) is 15.6 Å². The van der Waals surface area contributed by atoms with Crippen LogP contribution in [0.3, 0.4) is 0 Å². The number of rotatable bonds is 5. The molecule has 7 rings (SSSR count). The van der Waals surface area contributed by atoms with Crippen LogP contribution in [-0.2, 0) is 9.84 Å². The summed E-state index contributed by atoms with van der Waals surface area (Å²) in [6, 6.07) is 44.9. The van der Waals surface area contributed by atoms with Gasteiger partial charge in [0.15, 0.2) is 0 Å². The van der Waals surface area contributed by atoms with Crippen molar-refractivity contribution in [2.45, 2.75) is 11.8 Å². The molecule has 0 fully saturated rings. The number of benzene rings is 6. The lowest BCUT2D eigenvalue weighted by Gasteiger charge is -2.12. The number of hydrogen-bond acceptors (Lipinski definition) is 2. The van der Waals surface area contributed by atoms with Gasteiger partial charge in [-0.2, -0.15) is 0 Å². The Morgan fingerprint density at radius 1 is 0.674 bits per heavy atom. The molecule has 0 atom stereocenters. The molecule has 0 saturated carbocycles. The van der Waals surface area contributed by atoms with E-state index in [9.17, 15) is 12.8 Å². The quantitative estimate of drug-likeness (QED) is 0.180. The second kappa shape index (κ2) is 12.0. The van der Waals surface area contributed by atoms with E-state index in [4.69, 9.17) is 0 Å². The number of aryl methyl sites for hydroxylation is 1. The van der Waals surface area contributed by atoms with Crippen molar-refractivity contribution in [1.82, 2.24) is 4.57 Å².